The molecule has 8 nitrogen and oxygen atoms in total. The second-order valence-electron chi connectivity index (χ2n) is 7.30. The molecule has 3 aromatic rings. The van der Waals surface area contributed by atoms with Gasteiger partial charge in [0.1, 0.15) is 6.10 Å². The topological polar surface area (TPSA) is 103 Å². The molecular weight excluding hydrogens is 426 g/mol. The third-order valence-corrected chi connectivity index (χ3v) is 8.30. The summed E-state index contributed by atoms with van der Waals surface area (Å²) in [6.45, 7) is 4.53. The summed E-state index contributed by atoms with van der Waals surface area (Å²) in [5.74, 6) is 0. The van der Waals surface area contributed by atoms with Gasteiger partial charge < -0.3 is 4.74 Å². The van der Waals surface area contributed by atoms with E-state index in [9.17, 15) is 18.5 Å². The summed E-state index contributed by atoms with van der Waals surface area (Å²) in [6, 6.07) is 9.53. The highest BCUT2D eigenvalue weighted by atomic mass is 32.2. The number of para-hydroxylation sites is 1. The zero-order chi connectivity index (χ0) is 21.5. The van der Waals surface area contributed by atoms with E-state index in [4.69, 9.17) is 4.74 Å². The van der Waals surface area contributed by atoms with Crippen molar-refractivity contribution in [2.24, 2.45) is 0 Å². The van der Waals surface area contributed by atoms with Gasteiger partial charge in [-0.1, -0.05) is 35.6 Å². The molecule has 1 aliphatic heterocycles. The first-order valence-electron chi connectivity index (χ1n) is 9.54. The van der Waals surface area contributed by atoms with Gasteiger partial charge in [0, 0.05) is 19.2 Å². The number of ether oxygens (including phenoxy) is 1. The van der Waals surface area contributed by atoms with Crippen LogP contribution >= 0.6 is 11.3 Å². The van der Waals surface area contributed by atoms with Gasteiger partial charge in [-0.05, 0) is 43.9 Å². The molecule has 2 heterocycles. The van der Waals surface area contributed by atoms with Crippen LogP contribution in [0.25, 0.3) is 10.2 Å². The van der Waals surface area contributed by atoms with E-state index in [-0.39, 0.29) is 24.1 Å². The number of aryl methyl sites for hydroxylation is 2. The molecule has 0 spiro atoms. The molecule has 0 radical (unpaired) electrons. The van der Waals surface area contributed by atoms with E-state index in [2.05, 4.69) is 11.1 Å². The van der Waals surface area contributed by atoms with Crippen molar-refractivity contribution in [3.63, 3.8) is 0 Å². The van der Waals surface area contributed by atoms with Crippen molar-refractivity contribution in [2.45, 2.75) is 37.7 Å². The van der Waals surface area contributed by atoms with E-state index in [1.807, 2.05) is 19.9 Å². The number of benzene rings is 2. The molecular formula is C20H21N3O5S2. The summed E-state index contributed by atoms with van der Waals surface area (Å²) in [5, 5.41) is 11.8. The van der Waals surface area contributed by atoms with Gasteiger partial charge in [-0.2, -0.15) is 4.31 Å². The van der Waals surface area contributed by atoms with Crippen LogP contribution in [-0.2, 0) is 10.0 Å². The first-order chi connectivity index (χ1) is 14.3. The minimum absolute atomic E-state index is 0.150. The number of piperidine rings is 1. The summed E-state index contributed by atoms with van der Waals surface area (Å²) in [4.78, 5) is 14.9. The Morgan fingerprint density at radius 1 is 1.13 bits per heavy atom. The van der Waals surface area contributed by atoms with Crippen LogP contribution in [0.15, 0.2) is 41.3 Å². The fourth-order valence-corrected chi connectivity index (χ4v) is 6.24. The van der Waals surface area contributed by atoms with E-state index >= 15 is 0 Å². The van der Waals surface area contributed by atoms with Crippen LogP contribution in [0.2, 0.25) is 0 Å². The van der Waals surface area contributed by atoms with Crippen molar-refractivity contribution in [1.82, 2.24) is 9.29 Å². The number of sulfonamides is 1. The molecule has 4 rings (SSSR count). The van der Waals surface area contributed by atoms with Crippen LogP contribution in [0.1, 0.15) is 24.0 Å². The van der Waals surface area contributed by atoms with Crippen LogP contribution in [0.3, 0.4) is 0 Å². The molecule has 30 heavy (non-hydrogen) atoms. The quantitative estimate of drug-likeness (QED) is 0.432. The Balaban J connectivity index is 1.47. The number of rotatable bonds is 5. The highest BCUT2D eigenvalue weighted by Gasteiger charge is 2.34. The standard InChI is InChI=1S/C20H21N3O5S2/c1-13-7-8-14(2)19-18(13)21-20(29-19)28-15-9-11-22(12-10-15)30(26,27)17-6-4-3-5-16(17)23(24)25/h3-8,15H,9-12H2,1-2H3. The van der Waals surface area contributed by atoms with Crippen molar-refractivity contribution in [2.75, 3.05) is 13.1 Å². The Labute approximate surface area is 178 Å². The Morgan fingerprint density at radius 2 is 1.80 bits per heavy atom. The van der Waals surface area contributed by atoms with E-state index in [0.29, 0.717) is 18.0 Å². The number of thiazole rings is 1. The summed E-state index contributed by atoms with van der Waals surface area (Å²) in [7, 11) is -3.94. The number of nitro benzene ring substituents is 1. The van der Waals surface area contributed by atoms with E-state index < -0.39 is 20.6 Å². The number of hydrogen-bond donors (Lipinski definition) is 0. The van der Waals surface area contributed by atoms with Gasteiger partial charge in [0.15, 0.2) is 4.90 Å². The predicted molar refractivity (Wildman–Crippen MR) is 115 cm³/mol. The molecule has 1 aromatic heterocycles. The van der Waals surface area contributed by atoms with Gasteiger partial charge in [0.2, 0.25) is 10.0 Å². The van der Waals surface area contributed by atoms with Gasteiger partial charge in [-0.15, -0.1) is 0 Å². The van der Waals surface area contributed by atoms with Gasteiger partial charge in [0.05, 0.1) is 15.1 Å². The first-order valence-corrected chi connectivity index (χ1v) is 11.8. The minimum atomic E-state index is -3.94. The zero-order valence-electron chi connectivity index (χ0n) is 16.6. The Kier molecular flexibility index (Phi) is 5.48. The average molecular weight is 448 g/mol. The second kappa shape index (κ2) is 7.93. The second-order valence-corrected chi connectivity index (χ2v) is 10.2. The van der Waals surface area contributed by atoms with Crippen molar-refractivity contribution in [1.29, 1.82) is 0 Å². The molecule has 158 valence electrons. The molecule has 0 amide bonds. The number of aromatic nitrogens is 1. The van der Waals surface area contributed by atoms with Crippen LogP contribution in [0.4, 0.5) is 5.69 Å². The number of nitro groups is 1. The largest absolute Gasteiger partial charge is 0.467 e. The first kappa shape index (κ1) is 20.7. The zero-order valence-corrected chi connectivity index (χ0v) is 18.2. The normalized spacial score (nSPS) is 16.1. The van der Waals surface area contributed by atoms with Crippen LogP contribution in [0.5, 0.6) is 5.19 Å². The molecule has 0 N–H and O–H groups in total. The maximum atomic E-state index is 12.9. The lowest BCUT2D eigenvalue weighted by molar-refractivity contribution is -0.387. The Hall–Kier alpha value is -2.56. The third kappa shape index (κ3) is 3.78. The Bertz CT molecular complexity index is 1180. The van der Waals surface area contributed by atoms with Gasteiger partial charge in [-0.3, -0.25) is 10.1 Å². The smallest absolute Gasteiger partial charge is 0.289 e. The van der Waals surface area contributed by atoms with E-state index in [1.54, 1.807) is 0 Å². The van der Waals surface area contributed by atoms with Gasteiger partial charge >= 0.3 is 0 Å². The number of fused-ring (bicyclic) bond motifs is 1. The average Bonchev–Trinajstić information content (AvgIpc) is 3.16. The van der Waals surface area contributed by atoms with Crippen LogP contribution in [-0.4, -0.2) is 41.8 Å². The SMILES string of the molecule is Cc1ccc(C)c2sc(OC3CCN(S(=O)(=O)c4ccccc4[N+](=O)[O-])CC3)nc12. The lowest BCUT2D eigenvalue weighted by Crippen LogP contribution is -2.41. The lowest BCUT2D eigenvalue weighted by atomic mass is 10.1. The monoisotopic (exact) mass is 447 g/mol. The maximum absolute atomic E-state index is 12.9. The fourth-order valence-electron chi connectivity index (χ4n) is 3.59. The highest BCUT2D eigenvalue weighted by molar-refractivity contribution is 7.89. The fraction of sp³-hybridized carbons (Fsp3) is 0.350. The maximum Gasteiger partial charge on any atom is 0.289 e. The van der Waals surface area contributed by atoms with Crippen molar-refractivity contribution in [3.05, 3.63) is 57.6 Å². The molecule has 0 bridgehead atoms. The molecule has 2 aromatic carbocycles. The van der Waals surface area contributed by atoms with Crippen molar-refractivity contribution < 1.29 is 18.1 Å². The molecule has 1 saturated heterocycles. The Morgan fingerprint density at radius 3 is 2.47 bits per heavy atom. The molecule has 1 fully saturated rings. The van der Waals surface area contributed by atoms with Crippen molar-refractivity contribution in [3.8, 4) is 5.19 Å². The van der Waals surface area contributed by atoms with Gasteiger partial charge in [-0.25, -0.2) is 13.4 Å². The molecule has 0 atom stereocenters. The molecule has 1 aliphatic rings. The molecule has 10 heteroatoms. The summed E-state index contributed by atoms with van der Waals surface area (Å²) >= 11 is 1.50. The van der Waals surface area contributed by atoms with Gasteiger partial charge in [0.25, 0.3) is 10.9 Å². The number of hydrogen-bond acceptors (Lipinski definition) is 7. The molecule has 0 unspecified atom stereocenters. The summed E-state index contributed by atoms with van der Waals surface area (Å²) in [6.07, 6.45) is 0.838. The summed E-state index contributed by atoms with van der Waals surface area (Å²) in [5.41, 5.74) is 2.77. The minimum Gasteiger partial charge on any atom is -0.467 e. The van der Waals surface area contributed by atoms with Crippen LogP contribution < -0.4 is 4.74 Å². The van der Waals surface area contributed by atoms with E-state index in [0.717, 1.165) is 21.3 Å². The van der Waals surface area contributed by atoms with Crippen LogP contribution in [0, 0.1) is 24.0 Å². The number of nitrogens with zero attached hydrogens (tertiary/aromatic N) is 3. The lowest BCUT2D eigenvalue weighted by Gasteiger charge is -2.30. The molecule has 0 saturated carbocycles. The highest BCUT2D eigenvalue weighted by Crippen LogP contribution is 2.34. The molecule has 0 aliphatic carbocycles. The van der Waals surface area contributed by atoms with Crippen molar-refractivity contribution >= 4 is 37.3 Å². The third-order valence-electron chi connectivity index (χ3n) is 5.27. The summed E-state index contributed by atoms with van der Waals surface area (Å²) < 4.78 is 34.3. The van der Waals surface area contributed by atoms with E-state index in [1.165, 1.54) is 39.9 Å². The predicted octanol–water partition coefficient (Wildman–Crippen LogP) is 4.05.